The second-order valence-electron chi connectivity index (χ2n) is 9.38. The summed E-state index contributed by atoms with van der Waals surface area (Å²) in [7, 11) is 0. The van der Waals surface area contributed by atoms with Gasteiger partial charge in [-0.1, -0.05) is 29.8 Å². The first-order chi connectivity index (χ1) is 13.6. The van der Waals surface area contributed by atoms with Gasteiger partial charge in [-0.2, -0.15) is 0 Å². The Morgan fingerprint density at radius 1 is 1.07 bits per heavy atom. The van der Waals surface area contributed by atoms with E-state index in [0.717, 1.165) is 5.56 Å². The molecule has 0 radical (unpaired) electrons. The smallest absolute Gasteiger partial charge is 0.227 e. The highest BCUT2D eigenvalue weighted by molar-refractivity contribution is 5.90. The maximum atomic E-state index is 12.9. The third kappa shape index (κ3) is 5.17. The van der Waals surface area contributed by atoms with Crippen LogP contribution in [0.1, 0.15) is 51.2 Å². The molecule has 2 heterocycles. The van der Waals surface area contributed by atoms with Crippen LogP contribution in [0.5, 0.6) is 0 Å². The summed E-state index contributed by atoms with van der Waals surface area (Å²) in [5.74, 6) is -0.133. The molecule has 0 aliphatic carbocycles. The van der Waals surface area contributed by atoms with E-state index in [1.54, 1.807) is 4.90 Å². The molecule has 3 rings (SSSR count). The van der Waals surface area contributed by atoms with Crippen molar-refractivity contribution >= 4 is 17.7 Å². The van der Waals surface area contributed by atoms with E-state index in [0.29, 0.717) is 45.4 Å². The van der Waals surface area contributed by atoms with Crippen molar-refractivity contribution in [2.75, 3.05) is 19.6 Å². The molecule has 0 spiro atoms. The van der Waals surface area contributed by atoms with Crippen molar-refractivity contribution in [2.45, 2.75) is 59.0 Å². The summed E-state index contributed by atoms with van der Waals surface area (Å²) in [6.45, 7) is 10.2. The molecule has 6 nitrogen and oxygen atoms in total. The van der Waals surface area contributed by atoms with Crippen LogP contribution in [0, 0.1) is 18.8 Å². The third-order valence-corrected chi connectivity index (χ3v) is 6.05. The lowest BCUT2D eigenvalue weighted by Gasteiger charge is -2.34. The first-order valence-electron chi connectivity index (χ1n) is 10.6. The minimum Gasteiger partial charge on any atom is -0.352 e. The molecule has 0 aromatic heterocycles. The predicted molar refractivity (Wildman–Crippen MR) is 112 cm³/mol. The number of piperidine rings is 1. The van der Waals surface area contributed by atoms with E-state index in [9.17, 15) is 14.4 Å². The lowest BCUT2D eigenvalue weighted by molar-refractivity contribution is -0.139. The summed E-state index contributed by atoms with van der Waals surface area (Å²) in [6, 6.07) is 8.14. The van der Waals surface area contributed by atoms with Crippen LogP contribution in [-0.2, 0) is 20.9 Å². The van der Waals surface area contributed by atoms with E-state index < -0.39 is 0 Å². The SMILES string of the molecule is Cc1ccc(CNC(=O)C2CCN(C(=O)C3CC(=O)N(C(C)(C)C)C3)CC2)cc1. The van der Waals surface area contributed by atoms with Crippen molar-refractivity contribution in [3.63, 3.8) is 0 Å². The molecular formula is C23H33N3O3. The van der Waals surface area contributed by atoms with Gasteiger partial charge in [0.2, 0.25) is 17.7 Å². The minimum atomic E-state index is -0.256. The van der Waals surface area contributed by atoms with Crippen molar-refractivity contribution in [1.82, 2.24) is 15.1 Å². The van der Waals surface area contributed by atoms with Crippen molar-refractivity contribution in [1.29, 1.82) is 0 Å². The van der Waals surface area contributed by atoms with Crippen LogP contribution in [0.2, 0.25) is 0 Å². The zero-order valence-electron chi connectivity index (χ0n) is 18.0. The number of rotatable bonds is 4. The predicted octanol–water partition coefficient (Wildman–Crippen LogP) is 2.50. The van der Waals surface area contributed by atoms with E-state index in [4.69, 9.17) is 0 Å². The molecule has 1 aromatic rings. The number of nitrogens with zero attached hydrogens (tertiary/aromatic N) is 2. The zero-order chi connectivity index (χ0) is 21.2. The van der Waals surface area contributed by atoms with Crippen LogP contribution in [0.25, 0.3) is 0 Å². The van der Waals surface area contributed by atoms with Crippen molar-refractivity contribution in [3.05, 3.63) is 35.4 Å². The molecule has 1 N–H and O–H groups in total. The number of carbonyl (C=O) groups excluding carboxylic acids is 3. The summed E-state index contributed by atoms with van der Waals surface area (Å²) < 4.78 is 0. The van der Waals surface area contributed by atoms with Crippen molar-refractivity contribution in [3.8, 4) is 0 Å². The Morgan fingerprint density at radius 3 is 2.24 bits per heavy atom. The summed E-state index contributed by atoms with van der Waals surface area (Å²) in [4.78, 5) is 41.3. The van der Waals surface area contributed by atoms with Gasteiger partial charge in [0.15, 0.2) is 0 Å². The van der Waals surface area contributed by atoms with Gasteiger partial charge in [0.25, 0.3) is 0 Å². The number of hydrogen-bond donors (Lipinski definition) is 1. The number of benzene rings is 1. The number of aryl methyl sites for hydroxylation is 1. The average Bonchev–Trinajstić information content (AvgIpc) is 3.09. The highest BCUT2D eigenvalue weighted by Crippen LogP contribution is 2.28. The lowest BCUT2D eigenvalue weighted by Crippen LogP contribution is -2.46. The molecule has 0 bridgehead atoms. The fourth-order valence-electron chi connectivity index (χ4n) is 4.18. The summed E-state index contributed by atoms with van der Waals surface area (Å²) >= 11 is 0. The van der Waals surface area contributed by atoms with Gasteiger partial charge in [0.1, 0.15) is 0 Å². The Balaban J connectivity index is 1.46. The van der Waals surface area contributed by atoms with Gasteiger partial charge in [-0.25, -0.2) is 0 Å². The van der Waals surface area contributed by atoms with Crippen molar-refractivity contribution in [2.24, 2.45) is 11.8 Å². The Kier molecular flexibility index (Phi) is 6.30. The van der Waals surface area contributed by atoms with Gasteiger partial charge >= 0.3 is 0 Å². The number of likely N-dealkylation sites (tertiary alicyclic amines) is 2. The van der Waals surface area contributed by atoms with E-state index >= 15 is 0 Å². The molecule has 3 amide bonds. The molecule has 2 fully saturated rings. The van der Waals surface area contributed by atoms with E-state index in [1.807, 2.05) is 56.9 Å². The molecule has 158 valence electrons. The highest BCUT2D eigenvalue weighted by atomic mass is 16.2. The Morgan fingerprint density at radius 2 is 1.69 bits per heavy atom. The number of nitrogens with one attached hydrogen (secondary N) is 1. The van der Waals surface area contributed by atoms with Gasteiger partial charge in [0, 0.05) is 44.1 Å². The van der Waals surface area contributed by atoms with E-state index in [1.165, 1.54) is 5.56 Å². The normalized spacial score (nSPS) is 20.8. The largest absolute Gasteiger partial charge is 0.352 e. The maximum absolute atomic E-state index is 12.9. The summed E-state index contributed by atoms with van der Waals surface area (Å²) in [5.41, 5.74) is 2.03. The van der Waals surface area contributed by atoms with E-state index in [-0.39, 0.29) is 35.1 Å². The first kappa shape index (κ1) is 21.3. The number of carbonyl (C=O) groups is 3. The van der Waals surface area contributed by atoms with Crippen LogP contribution in [0.15, 0.2) is 24.3 Å². The van der Waals surface area contributed by atoms with Crippen LogP contribution < -0.4 is 5.32 Å². The molecule has 2 aliphatic heterocycles. The topological polar surface area (TPSA) is 69.7 Å². The highest BCUT2D eigenvalue weighted by Gasteiger charge is 2.41. The average molecular weight is 400 g/mol. The standard InChI is InChI=1S/C23H33N3O3/c1-16-5-7-17(8-6-16)14-24-21(28)18-9-11-25(12-10-18)22(29)19-13-20(27)26(15-19)23(2,3)4/h5-8,18-19H,9-15H2,1-4H3,(H,24,28). The van der Waals surface area contributed by atoms with Crippen LogP contribution in [0.4, 0.5) is 0 Å². The fourth-order valence-corrected chi connectivity index (χ4v) is 4.18. The molecular weight excluding hydrogens is 366 g/mol. The molecule has 6 heteroatoms. The minimum absolute atomic E-state index is 0.0548. The van der Waals surface area contributed by atoms with Gasteiger partial charge < -0.3 is 15.1 Å². The van der Waals surface area contributed by atoms with Gasteiger partial charge in [-0.05, 0) is 46.1 Å². The summed E-state index contributed by atoms with van der Waals surface area (Å²) in [6.07, 6.45) is 1.65. The first-order valence-corrected chi connectivity index (χ1v) is 10.6. The monoisotopic (exact) mass is 399 g/mol. The van der Waals surface area contributed by atoms with Crippen LogP contribution in [-0.4, -0.2) is 52.7 Å². The fraction of sp³-hybridized carbons (Fsp3) is 0.609. The maximum Gasteiger partial charge on any atom is 0.227 e. The second kappa shape index (κ2) is 8.56. The summed E-state index contributed by atoms with van der Waals surface area (Å²) in [5, 5.41) is 3.02. The van der Waals surface area contributed by atoms with Gasteiger partial charge in [-0.15, -0.1) is 0 Å². The lowest BCUT2D eigenvalue weighted by atomic mass is 9.94. The Labute approximate surface area is 173 Å². The second-order valence-corrected chi connectivity index (χ2v) is 9.38. The molecule has 2 saturated heterocycles. The molecule has 0 saturated carbocycles. The zero-order valence-corrected chi connectivity index (χ0v) is 18.0. The number of amides is 3. The van der Waals surface area contributed by atoms with Gasteiger partial charge in [-0.3, -0.25) is 14.4 Å². The van der Waals surface area contributed by atoms with Crippen molar-refractivity contribution < 1.29 is 14.4 Å². The molecule has 2 aliphatic rings. The number of hydrogen-bond acceptors (Lipinski definition) is 3. The Bertz CT molecular complexity index is 759. The van der Waals surface area contributed by atoms with Crippen LogP contribution in [0.3, 0.4) is 0 Å². The van der Waals surface area contributed by atoms with E-state index in [2.05, 4.69) is 5.32 Å². The van der Waals surface area contributed by atoms with Crippen LogP contribution >= 0.6 is 0 Å². The molecule has 29 heavy (non-hydrogen) atoms. The molecule has 1 atom stereocenters. The quantitative estimate of drug-likeness (QED) is 0.846. The molecule has 1 unspecified atom stereocenters. The Hall–Kier alpha value is -2.37. The third-order valence-electron chi connectivity index (χ3n) is 6.05. The molecule has 1 aromatic carbocycles. The van der Waals surface area contributed by atoms with Gasteiger partial charge in [0.05, 0.1) is 5.92 Å².